The van der Waals surface area contributed by atoms with E-state index < -0.39 is 12.0 Å². The van der Waals surface area contributed by atoms with Gasteiger partial charge in [-0.05, 0) is 36.6 Å². The molecule has 1 aromatic rings. The van der Waals surface area contributed by atoms with E-state index in [-0.39, 0.29) is 5.92 Å². The first kappa shape index (κ1) is 12.6. The average molecular weight is 222 g/mol. The summed E-state index contributed by atoms with van der Waals surface area (Å²) < 4.78 is 0. The van der Waals surface area contributed by atoms with E-state index >= 15 is 0 Å². The summed E-state index contributed by atoms with van der Waals surface area (Å²) in [5.74, 6) is -0.695. The molecule has 4 nitrogen and oxygen atoms in total. The zero-order valence-corrected chi connectivity index (χ0v) is 9.68. The Hall–Kier alpha value is -1.42. The third-order valence-corrected chi connectivity index (χ3v) is 2.46. The van der Waals surface area contributed by atoms with E-state index in [0.29, 0.717) is 6.54 Å². The minimum Gasteiger partial charge on any atom is -0.480 e. The molecule has 88 valence electrons. The van der Waals surface area contributed by atoms with E-state index in [1.807, 2.05) is 26.0 Å². The second-order valence-electron chi connectivity index (χ2n) is 4.12. The molecule has 0 aliphatic rings. The van der Waals surface area contributed by atoms with Crippen LogP contribution in [-0.4, -0.2) is 28.6 Å². The Balaban J connectivity index is 2.37. The van der Waals surface area contributed by atoms with Crippen molar-refractivity contribution in [2.75, 3.05) is 6.54 Å². The van der Waals surface area contributed by atoms with Crippen LogP contribution in [0.25, 0.3) is 0 Å². The highest BCUT2D eigenvalue weighted by Crippen LogP contribution is 2.02. The molecule has 1 atom stereocenters. The molecule has 0 aliphatic carbocycles. The molecule has 0 amide bonds. The monoisotopic (exact) mass is 222 g/mol. The second kappa shape index (κ2) is 6.23. The number of aliphatic carboxylic acids is 1. The zero-order chi connectivity index (χ0) is 12.0. The van der Waals surface area contributed by atoms with Crippen LogP contribution in [-0.2, 0) is 11.2 Å². The van der Waals surface area contributed by atoms with Gasteiger partial charge in [-0.1, -0.05) is 13.8 Å². The van der Waals surface area contributed by atoms with Crippen LogP contribution in [0.4, 0.5) is 0 Å². The molecule has 0 saturated heterocycles. The number of pyridine rings is 1. The molecule has 0 aliphatic heterocycles. The van der Waals surface area contributed by atoms with E-state index in [4.69, 9.17) is 5.11 Å². The highest BCUT2D eigenvalue weighted by Gasteiger charge is 2.19. The summed E-state index contributed by atoms with van der Waals surface area (Å²) in [4.78, 5) is 14.8. The Labute approximate surface area is 95.7 Å². The van der Waals surface area contributed by atoms with Crippen molar-refractivity contribution >= 4 is 5.97 Å². The van der Waals surface area contributed by atoms with Gasteiger partial charge in [0.25, 0.3) is 0 Å². The van der Waals surface area contributed by atoms with E-state index in [9.17, 15) is 4.79 Å². The van der Waals surface area contributed by atoms with Crippen molar-refractivity contribution in [3.63, 3.8) is 0 Å². The number of carbonyl (C=O) groups is 1. The number of hydrogen-bond acceptors (Lipinski definition) is 3. The third-order valence-electron chi connectivity index (χ3n) is 2.46. The molecular formula is C12H18N2O2. The molecule has 1 aromatic heterocycles. The van der Waals surface area contributed by atoms with Crippen molar-refractivity contribution in [2.45, 2.75) is 26.3 Å². The lowest BCUT2D eigenvalue weighted by atomic mass is 10.0. The van der Waals surface area contributed by atoms with E-state index in [1.54, 1.807) is 12.4 Å². The molecule has 2 N–H and O–H groups in total. The number of rotatable bonds is 6. The summed E-state index contributed by atoms with van der Waals surface area (Å²) in [6.07, 6.45) is 4.30. The maximum atomic E-state index is 10.9. The van der Waals surface area contributed by atoms with E-state index in [2.05, 4.69) is 10.3 Å². The smallest absolute Gasteiger partial charge is 0.320 e. The van der Waals surface area contributed by atoms with Gasteiger partial charge in [-0.15, -0.1) is 0 Å². The van der Waals surface area contributed by atoms with E-state index in [0.717, 1.165) is 12.0 Å². The Bertz CT molecular complexity index is 325. The zero-order valence-electron chi connectivity index (χ0n) is 9.68. The Morgan fingerprint density at radius 2 is 2.06 bits per heavy atom. The standard InChI is InChI=1S/C12H18N2O2/c1-9(2)11(12(15)16)14-8-5-10-3-6-13-7-4-10/h3-4,6-7,9,11,14H,5,8H2,1-2H3,(H,15,16). The largest absolute Gasteiger partial charge is 0.480 e. The highest BCUT2D eigenvalue weighted by molar-refractivity contribution is 5.73. The summed E-state index contributed by atoms with van der Waals surface area (Å²) in [5, 5.41) is 12.0. The van der Waals surface area contributed by atoms with E-state index in [1.165, 1.54) is 0 Å². The Morgan fingerprint density at radius 3 is 2.56 bits per heavy atom. The summed E-state index contributed by atoms with van der Waals surface area (Å²) >= 11 is 0. The Kier molecular flexibility index (Phi) is 4.92. The fraction of sp³-hybridized carbons (Fsp3) is 0.500. The van der Waals surface area contributed by atoms with Crippen LogP contribution in [0.3, 0.4) is 0 Å². The molecule has 0 aromatic carbocycles. The van der Waals surface area contributed by atoms with Crippen LogP contribution in [0, 0.1) is 5.92 Å². The van der Waals surface area contributed by atoms with Crippen LogP contribution < -0.4 is 5.32 Å². The molecule has 1 unspecified atom stereocenters. The second-order valence-corrected chi connectivity index (χ2v) is 4.12. The van der Waals surface area contributed by atoms with Crippen molar-refractivity contribution in [2.24, 2.45) is 5.92 Å². The quantitative estimate of drug-likeness (QED) is 0.762. The van der Waals surface area contributed by atoms with Gasteiger partial charge in [0.15, 0.2) is 0 Å². The first-order chi connectivity index (χ1) is 7.61. The minimum atomic E-state index is -0.787. The molecule has 1 rings (SSSR count). The van der Waals surface area contributed by atoms with Crippen molar-refractivity contribution in [3.8, 4) is 0 Å². The number of nitrogens with one attached hydrogen (secondary N) is 1. The van der Waals surface area contributed by atoms with Crippen molar-refractivity contribution in [3.05, 3.63) is 30.1 Å². The molecule has 0 radical (unpaired) electrons. The minimum absolute atomic E-state index is 0.0925. The predicted molar refractivity (Wildman–Crippen MR) is 62.2 cm³/mol. The highest BCUT2D eigenvalue weighted by atomic mass is 16.4. The summed E-state index contributed by atoms with van der Waals surface area (Å²) in [6, 6.07) is 3.40. The van der Waals surface area contributed by atoms with Crippen LogP contribution in [0.15, 0.2) is 24.5 Å². The summed E-state index contributed by atoms with van der Waals surface area (Å²) in [5.41, 5.74) is 1.16. The lowest BCUT2D eigenvalue weighted by Crippen LogP contribution is -2.41. The summed E-state index contributed by atoms with van der Waals surface area (Å²) in [7, 11) is 0. The molecule has 0 fully saturated rings. The van der Waals surface area contributed by atoms with Gasteiger partial charge in [-0.25, -0.2) is 0 Å². The summed E-state index contributed by atoms with van der Waals surface area (Å²) in [6.45, 7) is 4.47. The van der Waals surface area contributed by atoms with Gasteiger partial charge in [0.2, 0.25) is 0 Å². The number of carboxylic acids is 1. The number of hydrogen-bond donors (Lipinski definition) is 2. The van der Waals surface area contributed by atoms with Gasteiger partial charge < -0.3 is 10.4 Å². The fourth-order valence-corrected chi connectivity index (χ4v) is 1.53. The van der Waals surface area contributed by atoms with Gasteiger partial charge >= 0.3 is 5.97 Å². The number of nitrogens with zero attached hydrogens (tertiary/aromatic N) is 1. The molecule has 4 heteroatoms. The van der Waals surface area contributed by atoms with Gasteiger partial charge in [0, 0.05) is 12.4 Å². The SMILES string of the molecule is CC(C)C(NCCc1ccncc1)C(=O)O. The molecule has 0 spiro atoms. The first-order valence-electron chi connectivity index (χ1n) is 5.46. The average Bonchev–Trinajstić information content (AvgIpc) is 2.24. The van der Waals surface area contributed by atoms with Gasteiger partial charge in [-0.2, -0.15) is 0 Å². The van der Waals surface area contributed by atoms with Crippen molar-refractivity contribution < 1.29 is 9.90 Å². The fourth-order valence-electron chi connectivity index (χ4n) is 1.53. The maximum Gasteiger partial charge on any atom is 0.320 e. The molecular weight excluding hydrogens is 204 g/mol. The molecule has 1 heterocycles. The third kappa shape index (κ3) is 3.98. The topological polar surface area (TPSA) is 62.2 Å². The normalized spacial score (nSPS) is 12.7. The van der Waals surface area contributed by atoms with Crippen molar-refractivity contribution in [1.82, 2.24) is 10.3 Å². The predicted octanol–water partition coefficient (Wildman–Crippen LogP) is 1.32. The van der Waals surface area contributed by atoms with Crippen LogP contribution in [0.2, 0.25) is 0 Å². The lowest BCUT2D eigenvalue weighted by molar-refractivity contribution is -0.140. The van der Waals surface area contributed by atoms with Crippen LogP contribution >= 0.6 is 0 Å². The number of aromatic nitrogens is 1. The Morgan fingerprint density at radius 1 is 1.44 bits per heavy atom. The maximum absolute atomic E-state index is 10.9. The molecule has 0 saturated carbocycles. The van der Waals surface area contributed by atoms with Gasteiger partial charge in [-0.3, -0.25) is 9.78 Å². The van der Waals surface area contributed by atoms with Gasteiger partial charge in [0.05, 0.1) is 0 Å². The molecule has 0 bridgehead atoms. The number of carboxylic acid groups (broad SMARTS) is 1. The first-order valence-corrected chi connectivity index (χ1v) is 5.46. The lowest BCUT2D eigenvalue weighted by Gasteiger charge is -2.17. The van der Waals surface area contributed by atoms with Crippen molar-refractivity contribution in [1.29, 1.82) is 0 Å². The van der Waals surface area contributed by atoms with Gasteiger partial charge in [0.1, 0.15) is 6.04 Å². The van der Waals surface area contributed by atoms with Crippen LogP contribution in [0.1, 0.15) is 19.4 Å². The molecule has 16 heavy (non-hydrogen) atoms. The van der Waals surface area contributed by atoms with Crippen LogP contribution in [0.5, 0.6) is 0 Å².